The third-order valence-electron chi connectivity index (χ3n) is 2.64. The number of hydrogen-bond acceptors (Lipinski definition) is 2. The third kappa shape index (κ3) is 3.12. The first kappa shape index (κ1) is 12.2. The van der Waals surface area contributed by atoms with Crippen LogP contribution in [0.5, 0.6) is 0 Å². The SMILES string of the molecule is O=S(=O)(Cc1ccccc1)C[C@H]1CC1(Cl)Cl. The number of halogens is 2. The maximum Gasteiger partial charge on any atom is 0.154 e. The first-order valence-corrected chi connectivity index (χ1v) is 7.59. The molecule has 1 aromatic carbocycles. The van der Waals surface area contributed by atoms with Crippen LogP contribution in [-0.2, 0) is 15.6 Å². The standard InChI is InChI=1S/C11H12Cl2O2S/c12-11(13)6-10(11)8-16(14,15)7-9-4-2-1-3-5-9/h1-5,10H,6-8H2/t10-/m1/s1. The van der Waals surface area contributed by atoms with Gasteiger partial charge in [0.1, 0.15) is 4.33 Å². The molecule has 2 rings (SSSR count). The molecule has 1 atom stereocenters. The Morgan fingerprint density at radius 2 is 1.81 bits per heavy atom. The predicted octanol–water partition coefficient (Wildman–Crippen LogP) is 2.80. The topological polar surface area (TPSA) is 34.1 Å². The molecular formula is C11H12Cl2O2S. The molecule has 0 radical (unpaired) electrons. The van der Waals surface area contributed by atoms with Gasteiger partial charge in [-0.15, -0.1) is 23.2 Å². The van der Waals surface area contributed by atoms with Crippen molar-refractivity contribution in [3.05, 3.63) is 35.9 Å². The van der Waals surface area contributed by atoms with Gasteiger partial charge >= 0.3 is 0 Å². The first-order valence-electron chi connectivity index (χ1n) is 5.01. The molecular weight excluding hydrogens is 267 g/mol. The number of sulfone groups is 1. The molecule has 0 spiro atoms. The number of alkyl halides is 2. The van der Waals surface area contributed by atoms with Crippen LogP contribution in [0, 0.1) is 5.92 Å². The molecule has 0 unspecified atom stereocenters. The number of hydrogen-bond donors (Lipinski definition) is 0. The van der Waals surface area contributed by atoms with E-state index < -0.39 is 14.2 Å². The van der Waals surface area contributed by atoms with Crippen LogP contribution in [0.25, 0.3) is 0 Å². The molecule has 0 N–H and O–H groups in total. The summed E-state index contributed by atoms with van der Waals surface area (Å²) >= 11 is 11.6. The Kier molecular flexibility index (Phi) is 3.21. The van der Waals surface area contributed by atoms with Crippen LogP contribution in [0.4, 0.5) is 0 Å². The van der Waals surface area contributed by atoms with Crippen molar-refractivity contribution in [3.63, 3.8) is 0 Å². The van der Waals surface area contributed by atoms with Crippen molar-refractivity contribution in [2.24, 2.45) is 5.92 Å². The lowest BCUT2D eigenvalue weighted by Gasteiger charge is -2.04. The van der Waals surface area contributed by atoms with Gasteiger partial charge in [-0.25, -0.2) is 8.42 Å². The Labute approximate surface area is 105 Å². The van der Waals surface area contributed by atoms with Gasteiger partial charge in [-0.1, -0.05) is 30.3 Å². The Bertz CT molecular complexity index is 468. The third-order valence-corrected chi connectivity index (χ3v) is 5.25. The summed E-state index contributed by atoms with van der Waals surface area (Å²) in [6, 6.07) is 9.13. The molecule has 0 heterocycles. The normalized spacial score (nSPS) is 23.0. The van der Waals surface area contributed by atoms with E-state index in [0.717, 1.165) is 5.56 Å². The van der Waals surface area contributed by atoms with Crippen molar-refractivity contribution < 1.29 is 8.42 Å². The van der Waals surface area contributed by atoms with E-state index in [9.17, 15) is 8.42 Å². The van der Waals surface area contributed by atoms with E-state index in [-0.39, 0.29) is 17.4 Å². The molecule has 1 saturated carbocycles. The molecule has 0 bridgehead atoms. The van der Waals surface area contributed by atoms with Crippen molar-refractivity contribution in [1.82, 2.24) is 0 Å². The van der Waals surface area contributed by atoms with E-state index >= 15 is 0 Å². The summed E-state index contributed by atoms with van der Waals surface area (Å²) in [6.45, 7) is 0. The molecule has 5 heteroatoms. The largest absolute Gasteiger partial charge is 0.228 e. The van der Waals surface area contributed by atoms with Crippen LogP contribution < -0.4 is 0 Å². The summed E-state index contributed by atoms with van der Waals surface area (Å²) in [4.78, 5) is 0. The second kappa shape index (κ2) is 4.21. The van der Waals surface area contributed by atoms with Gasteiger partial charge in [-0.05, 0) is 12.0 Å². The average Bonchev–Trinajstić information content (AvgIpc) is 2.72. The van der Waals surface area contributed by atoms with Gasteiger partial charge in [0.25, 0.3) is 0 Å². The maximum absolute atomic E-state index is 11.8. The highest BCUT2D eigenvalue weighted by Gasteiger charge is 2.53. The van der Waals surface area contributed by atoms with Crippen LogP contribution in [0.15, 0.2) is 30.3 Å². The average molecular weight is 279 g/mol. The van der Waals surface area contributed by atoms with Crippen LogP contribution in [-0.4, -0.2) is 18.5 Å². The van der Waals surface area contributed by atoms with Gasteiger partial charge in [-0.3, -0.25) is 0 Å². The second-order valence-corrected chi connectivity index (χ2v) is 7.85. The Balaban J connectivity index is 1.99. The van der Waals surface area contributed by atoms with Crippen molar-refractivity contribution in [1.29, 1.82) is 0 Å². The number of rotatable bonds is 4. The fourth-order valence-electron chi connectivity index (χ4n) is 1.64. The summed E-state index contributed by atoms with van der Waals surface area (Å²) in [5.74, 6) is 0.0351. The number of benzene rings is 1. The minimum Gasteiger partial charge on any atom is -0.228 e. The Morgan fingerprint density at radius 3 is 2.31 bits per heavy atom. The van der Waals surface area contributed by atoms with Crippen molar-refractivity contribution >= 4 is 33.0 Å². The van der Waals surface area contributed by atoms with Crippen LogP contribution in [0.2, 0.25) is 0 Å². The lowest BCUT2D eigenvalue weighted by atomic mass is 10.2. The molecule has 0 saturated heterocycles. The lowest BCUT2D eigenvalue weighted by molar-refractivity contribution is 0.591. The molecule has 0 aromatic heterocycles. The quantitative estimate of drug-likeness (QED) is 0.794. The maximum atomic E-state index is 11.8. The van der Waals surface area contributed by atoms with E-state index in [4.69, 9.17) is 23.2 Å². The highest BCUT2D eigenvalue weighted by molar-refractivity contribution is 7.90. The van der Waals surface area contributed by atoms with E-state index in [2.05, 4.69) is 0 Å². The van der Waals surface area contributed by atoms with E-state index in [0.29, 0.717) is 6.42 Å². The zero-order valence-corrected chi connectivity index (χ0v) is 10.9. The molecule has 0 amide bonds. The highest BCUT2D eigenvalue weighted by atomic mass is 35.5. The van der Waals surface area contributed by atoms with E-state index in [1.165, 1.54) is 0 Å². The monoisotopic (exact) mass is 278 g/mol. The molecule has 1 aliphatic rings. The van der Waals surface area contributed by atoms with Crippen molar-refractivity contribution in [2.45, 2.75) is 16.5 Å². The van der Waals surface area contributed by atoms with Crippen LogP contribution in [0.1, 0.15) is 12.0 Å². The predicted molar refractivity (Wildman–Crippen MR) is 66.5 cm³/mol. The van der Waals surface area contributed by atoms with Crippen molar-refractivity contribution in [2.75, 3.05) is 5.75 Å². The molecule has 1 aliphatic carbocycles. The lowest BCUT2D eigenvalue weighted by Crippen LogP contribution is -2.13. The van der Waals surface area contributed by atoms with Crippen LogP contribution in [0.3, 0.4) is 0 Å². The minimum atomic E-state index is -3.11. The summed E-state index contributed by atoms with van der Waals surface area (Å²) < 4.78 is 22.8. The fraction of sp³-hybridized carbons (Fsp3) is 0.455. The summed E-state index contributed by atoms with van der Waals surface area (Å²) in [6.07, 6.45) is 0.574. The highest BCUT2D eigenvalue weighted by Crippen LogP contribution is 2.53. The molecule has 1 fully saturated rings. The Hall–Kier alpha value is -0.250. The van der Waals surface area contributed by atoms with E-state index in [1.54, 1.807) is 12.1 Å². The molecule has 1 aromatic rings. The van der Waals surface area contributed by atoms with E-state index in [1.807, 2.05) is 18.2 Å². The summed E-state index contributed by atoms with van der Waals surface area (Å²) in [5, 5.41) is 0. The molecule has 16 heavy (non-hydrogen) atoms. The van der Waals surface area contributed by atoms with Gasteiger partial charge in [0.2, 0.25) is 0 Å². The van der Waals surface area contributed by atoms with Gasteiger partial charge in [0.05, 0.1) is 11.5 Å². The zero-order valence-electron chi connectivity index (χ0n) is 8.57. The smallest absolute Gasteiger partial charge is 0.154 e. The molecule has 88 valence electrons. The van der Waals surface area contributed by atoms with Crippen molar-refractivity contribution in [3.8, 4) is 0 Å². The van der Waals surface area contributed by atoms with Crippen LogP contribution >= 0.6 is 23.2 Å². The zero-order chi connectivity index (χ0) is 11.8. The minimum absolute atomic E-state index is 0.0637. The fourth-order valence-corrected chi connectivity index (χ4v) is 4.19. The summed E-state index contributed by atoms with van der Waals surface area (Å²) in [5.41, 5.74) is 0.804. The second-order valence-electron chi connectivity index (χ2n) is 4.20. The Morgan fingerprint density at radius 1 is 1.25 bits per heavy atom. The van der Waals surface area contributed by atoms with Gasteiger partial charge in [-0.2, -0.15) is 0 Å². The first-order chi connectivity index (χ1) is 7.39. The molecule has 2 nitrogen and oxygen atoms in total. The van der Waals surface area contributed by atoms with Gasteiger partial charge < -0.3 is 0 Å². The van der Waals surface area contributed by atoms with Gasteiger partial charge in [0, 0.05) is 5.92 Å². The van der Waals surface area contributed by atoms with Gasteiger partial charge in [0.15, 0.2) is 9.84 Å². The molecule has 0 aliphatic heterocycles. The summed E-state index contributed by atoms with van der Waals surface area (Å²) in [7, 11) is -3.11.